The summed E-state index contributed by atoms with van der Waals surface area (Å²) in [4.78, 5) is 2.23. The molecule has 3 atom stereocenters. The minimum absolute atomic E-state index is 0.197. The van der Waals surface area contributed by atoms with E-state index in [1.54, 1.807) is 0 Å². The predicted molar refractivity (Wildman–Crippen MR) is 78.8 cm³/mol. The van der Waals surface area contributed by atoms with Gasteiger partial charge in [-0.15, -0.1) is 0 Å². The Kier molecular flexibility index (Phi) is 4.29. The normalized spacial score (nSPS) is 37.6. The summed E-state index contributed by atoms with van der Waals surface area (Å²) in [6, 6.07) is 0.468. The van der Waals surface area contributed by atoms with Gasteiger partial charge in [-0.2, -0.15) is 0 Å². The Balaban J connectivity index is 1.93. The van der Waals surface area contributed by atoms with E-state index in [0.717, 1.165) is 25.8 Å². The van der Waals surface area contributed by atoms with Crippen LogP contribution >= 0.6 is 0 Å². The van der Waals surface area contributed by atoms with Gasteiger partial charge in [0.1, 0.15) is 0 Å². The second-order valence-electron chi connectivity index (χ2n) is 7.33. The van der Waals surface area contributed by atoms with Gasteiger partial charge in [0.25, 0.3) is 0 Å². The van der Waals surface area contributed by atoms with Crippen molar-refractivity contribution >= 4 is 9.84 Å². The number of nitrogens with zero attached hydrogens (tertiary/aromatic N) is 1. The molecule has 0 amide bonds. The molecule has 3 unspecified atom stereocenters. The lowest BCUT2D eigenvalue weighted by atomic mass is 9.70. The van der Waals surface area contributed by atoms with Gasteiger partial charge in [-0.3, -0.25) is 0 Å². The van der Waals surface area contributed by atoms with Gasteiger partial charge in [0.05, 0.1) is 11.5 Å². The summed E-state index contributed by atoms with van der Waals surface area (Å²) in [6.07, 6.45) is 4.23. The van der Waals surface area contributed by atoms with Gasteiger partial charge < -0.3 is 10.6 Å². The molecule has 2 N–H and O–H groups in total. The van der Waals surface area contributed by atoms with Crippen molar-refractivity contribution < 1.29 is 8.42 Å². The summed E-state index contributed by atoms with van der Waals surface area (Å²) in [6.45, 7) is 5.56. The molecule has 0 radical (unpaired) electrons. The van der Waals surface area contributed by atoms with Crippen LogP contribution in [0.1, 0.15) is 39.5 Å². The lowest BCUT2D eigenvalue weighted by molar-refractivity contribution is 0.112. The van der Waals surface area contributed by atoms with E-state index in [4.69, 9.17) is 5.73 Å². The zero-order valence-electron chi connectivity index (χ0n) is 12.4. The van der Waals surface area contributed by atoms with Crippen LogP contribution in [0.4, 0.5) is 0 Å². The highest BCUT2D eigenvalue weighted by Gasteiger charge is 2.36. The fourth-order valence-electron chi connectivity index (χ4n) is 3.60. The topological polar surface area (TPSA) is 63.4 Å². The second kappa shape index (κ2) is 5.34. The van der Waals surface area contributed by atoms with Gasteiger partial charge in [-0.1, -0.05) is 13.8 Å². The SMILES string of the molecule is CN(CC1CC(C)(C)CCC1N)C1CCS(=O)(=O)C1. The van der Waals surface area contributed by atoms with E-state index in [2.05, 4.69) is 25.8 Å². The van der Waals surface area contributed by atoms with E-state index >= 15 is 0 Å². The monoisotopic (exact) mass is 288 g/mol. The molecule has 0 aromatic rings. The van der Waals surface area contributed by atoms with E-state index in [9.17, 15) is 8.42 Å². The summed E-state index contributed by atoms with van der Waals surface area (Å²) < 4.78 is 23.1. The molecule has 19 heavy (non-hydrogen) atoms. The average Bonchev–Trinajstić information content (AvgIpc) is 2.64. The quantitative estimate of drug-likeness (QED) is 0.849. The molecule has 0 bridgehead atoms. The molecule has 1 saturated heterocycles. The van der Waals surface area contributed by atoms with Crippen molar-refractivity contribution in [2.24, 2.45) is 17.1 Å². The van der Waals surface area contributed by atoms with Gasteiger partial charge in [0, 0.05) is 18.6 Å². The van der Waals surface area contributed by atoms with Crippen LogP contribution in [0.2, 0.25) is 0 Å². The highest BCUT2D eigenvalue weighted by atomic mass is 32.2. The Morgan fingerprint density at radius 2 is 2.00 bits per heavy atom. The molecule has 2 fully saturated rings. The molecule has 2 aliphatic rings. The molecular formula is C14H28N2O2S. The molecule has 112 valence electrons. The summed E-state index contributed by atoms with van der Waals surface area (Å²) >= 11 is 0. The first-order chi connectivity index (χ1) is 8.69. The lowest BCUT2D eigenvalue weighted by Crippen LogP contribution is -2.46. The standard InChI is InChI=1S/C14H28N2O2S/c1-14(2)6-4-13(15)11(8-14)9-16(3)12-5-7-19(17,18)10-12/h11-13H,4-10,15H2,1-3H3. The first-order valence-electron chi connectivity index (χ1n) is 7.35. The molecule has 1 aliphatic carbocycles. The summed E-state index contributed by atoms with van der Waals surface area (Å²) in [5, 5.41) is 0. The van der Waals surface area contributed by atoms with Crippen LogP contribution in [0.3, 0.4) is 0 Å². The second-order valence-corrected chi connectivity index (χ2v) is 9.56. The Labute approximate surface area is 117 Å². The van der Waals surface area contributed by atoms with Crippen molar-refractivity contribution in [3.05, 3.63) is 0 Å². The third kappa shape index (κ3) is 3.92. The van der Waals surface area contributed by atoms with E-state index in [1.165, 1.54) is 6.42 Å². The summed E-state index contributed by atoms with van der Waals surface area (Å²) in [7, 11) is -0.735. The summed E-state index contributed by atoms with van der Waals surface area (Å²) in [5.41, 5.74) is 6.63. The number of hydrogen-bond donors (Lipinski definition) is 1. The maximum Gasteiger partial charge on any atom is 0.151 e. The van der Waals surface area contributed by atoms with Crippen molar-refractivity contribution in [2.75, 3.05) is 25.1 Å². The fraction of sp³-hybridized carbons (Fsp3) is 1.00. The smallest absolute Gasteiger partial charge is 0.151 e. The third-order valence-corrected chi connectivity index (χ3v) is 6.68. The van der Waals surface area contributed by atoms with Crippen molar-refractivity contribution in [3.8, 4) is 0 Å². The molecule has 1 heterocycles. The number of rotatable bonds is 3. The van der Waals surface area contributed by atoms with Crippen LogP contribution in [-0.2, 0) is 9.84 Å². The predicted octanol–water partition coefficient (Wildman–Crippen LogP) is 1.26. The van der Waals surface area contributed by atoms with Crippen LogP contribution in [0.15, 0.2) is 0 Å². The molecule has 0 aromatic carbocycles. The number of sulfone groups is 1. The molecule has 5 heteroatoms. The van der Waals surface area contributed by atoms with E-state index in [0.29, 0.717) is 22.8 Å². The van der Waals surface area contributed by atoms with Crippen LogP contribution in [0.25, 0.3) is 0 Å². The van der Waals surface area contributed by atoms with Crippen molar-refractivity contribution in [1.29, 1.82) is 0 Å². The van der Waals surface area contributed by atoms with Crippen LogP contribution in [-0.4, -0.2) is 50.5 Å². The van der Waals surface area contributed by atoms with E-state index in [1.807, 2.05) is 0 Å². The largest absolute Gasteiger partial charge is 0.327 e. The highest BCUT2D eigenvalue weighted by molar-refractivity contribution is 7.91. The fourth-order valence-corrected chi connectivity index (χ4v) is 5.40. The lowest BCUT2D eigenvalue weighted by Gasteiger charge is -2.41. The van der Waals surface area contributed by atoms with E-state index in [-0.39, 0.29) is 12.1 Å². The summed E-state index contributed by atoms with van der Waals surface area (Å²) in [5.74, 6) is 1.18. The third-order valence-electron chi connectivity index (χ3n) is 4.93. The van der Waals surface area contributed by atoms with Crippen LogP contribution in [0, 0.1) is 11.3 Å². The Morgan fingerprint density at radius 1 is 1.32 bits per heavy atom. The molecule has 0 aromatic heterocycles. The molecule has 4 nitrogen and oxygen atoms in total. The molecule has 1 aliphatic heterocycles. The number of nitrogens with two attached hydrogens (primary N) is 1. The van der Waals surface area contributed by atoms with Gasteiger partial charge in [0.2, 0.25) is 0 Å². The number of hydrogen-bond acceptors (Lipinski definition) is 4. The average molecular weight is 288 g/mol. The van der Waals surface area contributed by atoms with Gasteiger partial charge >= 0.3 is 0 Å². The minimum Gasteiger partial charge on any atom is -0.327 e. The molecule has 0 spiro atoms. The maximum absolute atomic E-state index is 11.6. The van der Waals surface area contributed by atoms with Crippen LogP contribution < -0.4 is 5.73 Å². The Bertz CT molecular complexity index is 419. The molecular weight excluding hydrogens is 260 g/mol. The van der Waals surface area contributed by atoms with Gasteiger partial charge in [-0.25, -0.2) is 8.42 Å². The zero-order valence-corrected chi connectivity index (χ0v) is 13.2. The van der Waals surface area contributed by atoms with Gasteiger partial charge in [0.15, 0.2) is 9.84 Å². The highest BCUT2D eigenvalue weighted by Crippen LogP contribution is 2.38. The van der Waals surface area contributed by atoms with E-state index < -0.39 is 9.84 Å². The van der Waals surface area contributed by atoms with Gasteiger partial charge in [-0.05, 0) is 44.1 Å². The first-order valence-corrected chi connectivity index (χ1v) is 9.17. The maximum atomic E-state index is 11.6. The van der Waals surface area contributed by atoms with Crippen LogP contribution in [0.5, 0.6) is 0 Å². The first kappa shape index (κ1) is 15.3. The Hall–Kier alpha value is -0.130. The zero-order chi connectivity index (χ0) is 14.3. The Morgan fingerprint density at radius 3 is 2.58 bits per heavy atom. The molecule has 2 rings (SSSR count). The van der Waals surface area contributed by atoms with Crippen molar-refractivity contribution in [2.45, 2.75) is 51.6 Å². The molecule has 1 saturated carbocycles. The van der Waals surface area contributed by atoms with Crippen molar-refractivity contribution in [1.82, 2.24) is 4.90 Å². The van der Waals surface area contributed by atoms with Crippen molar-refractivity contribution in [3.63, 3.8) is 0 Å². The minimum atomic E-state index is -2.79.